The average Bonchev–Trinajstić information content (AvgIpc) is 2.99. The number of hydrogen-bond donors (Lipinski definition) is 0. The molecule has 0 bridgehead atoms. The van der Waals surface area contributed by atoms with Crippen LogP contribution in [0.1, 0.15) is 15.9 Å². The lowest BCUT2D eigenvalue weighted by Gasteiger charge is -2.10. The minimum absolute atomic E-state index is 0.213. The largest absolute Gasteiger partial charge is 0.383 e. The van der Waals surface area contributed by atoms with Crippen molar-refractivity contribution < 1.29 is 13.2 Å². The molecule has 0 saturated carbocycles. The van der Waals surface area contributed by atoms with Crippen LogP contribution < -0.4 is 0 Å². The molecule has 0 aliphatic rings. The molecule has 0 atom stereocenters. The maximum Gasteiger partial charge on any atom is 0.268 e. The molecular formula is C20H19BrN2O3S. The summed E-state index contributed by atoms with van der Waals surface area (Å²) in [6.07, 6.45) is 4.48. The fraction of sp³-hybridized carbons (Fsp3) is 0.150. The zero-order chi connectivity index (χ0) is 19.8. The smallest absolute Gasteiger partial charge is 0.268 e. The maximum atomic E-state index is 13.3. The van der Waals surface area contributed by atoms with Gasteiger partial charge in [0.2, 0.25) is 0 Å². The molecule has 0 saturated heterocycles. The van der Waals surface area contributed by atoms with Gasteiger partial charge in [0.05, 0.1) is 10.4 Å². The molecule has 0 spiro atoms. The number of nitrogens with zero attached hydrogens (tertiary/aromatic N) is 2. The number of allylic oxidation sites excluding steroid dienone is 1. The van der Waals surface area contributed by atoms with Crippen LogP contribution in [0.5, 0.6) is 0 Å². The molecule has 3 rings (SSSR count). The van der Waals surface area contributed by atoms with E-state index in [0.29, 0.717) is 22.0 Å². The summed E-state index contributed by atoms with van der Waals surface area (Å²) >= 11 is 3.39. The van der Waals surface area contributed by atoms with Gasteiger partial charge in [-0.2, -0.15) is 0 Å². The molecule has 0 aliphatic carbocycles. The molecule has 3 aromatic rings. The SMILES string of the molecule is Cc1ccccc1S(=O)(=O)n1cc(C(=O)/C=C/N(C)C)c2ccc(Br)cc21. The highest BCUT2D eigenvalue weighted by Crippen LogP contribution is 2.30. The van der Waals surface area contributed by atoms with Gasteiger partial charge in [0, 0.05) is 48.0 Å². The van der Waals surface area contributed by atoms with E-state index < -0.39 is 10.0 Å². The van der Waals surface area contributed by atoms with E-state index in [2.05, 4.69) is 15.9 Å². The van der Waals surface area contributed by atoms with Crippen molar-refractivity contribution in [3.05, 3.63) is 76.5 Å². The van der Waals surface area contributed by atoms with Crippen molar-refractivity contribution in [3.63, 3.8) is 0 Å². The Morgan fingerprint density at radius 2 is 1.85 bits per heavy atom. The highest BCUT2D eigenvalue weighted by molar-refractivity contribution is 9.10. The van der Waals surface area contributed by atoms with Crippen molar-refractivity contribution in [1.29, 1.82) is 0 Å². The molecule has 5 nitrogen and oxygen atoms in total. The van der Waals surface area contributed by atoms with E-state index in [1.165, 1.54) is 16.2 Å². The van der Waals surface area contributed by atoms with Crippen LogP contribution in [0.25, 0.3) is 10.9 Å². The maximum absolute atomic E-state index is 13.3. The van der Waals surface area contributed by atoms with Gasteiger partial charge in [0.1, 0.15) is 0 Å². The Bertz CT molecular complexity index is 1160. The standard InChI is InChI=1S/C20H19BrN2O3S/c1-14-6-4-5-7-20(14)27(25,26)23-13-17(19(24)10-11-22(2)3)16-9-8-15(21)12-18(16)23/h4-13H,1-3H3/b11-10+. The van der Waals surface area contributed by atoms with Gasteiger partial charge >= 0.3 is 0 Å². The van der Waals surface area contributed by atoms with Crippen LogP contribution in [0, 0.1) is 6.92 Å². The first-order chi connectivity index (χ1) is 12.7. The van der Waals surface area contributed by atoms with E-state index in [-0.39, 0.29) is 10.7 Å². The summed E-state index contributed by atoms with van der Waals surface area (Å²) < 4.78 is 28.5. The summed E-state index contributed by atoms with van der Waals surface area (Å²) in [7, 11) is -0.223. The van der Waals surface area contributed by atoms with Crippen LogP contribution in [0.3, 0.4) is 0 Å². The number of fused-ring (bicyclic) bond motifs is 1. The zero-order valence-corrected chi connectivity index (χ0v) is 17.6. The van der Waals surface area contributed by atoms with Gasteiger partial charge in [-0.15, -0.1) is 0 Å². The van der Waals surface area contributed by atoms with Gasteiger partial charge in [-0.25, -0.2) is 12.4 Å². The van der Waals surface area contributed by atoms with E-state index in [9.17, 15) is 13.2 Å². The highest BCUT2D eigenvalue weighted by Gasteiger charge is 2.24. The number of aromatic nitrogens is 1. The van der Waals surface area contributed by atoms with Crippen LogP contribution in [0.4, 0.5) is 0 Å². The molecule has 0 N–H and O–H groups in total. The van der Waals surface area contributed by atoms with Crippen LogP contribution in [0.2, 0.25) is 0 Å². The number of carbonyl (C=O) groups excluding carboxylic acids is 1. The number of ketones is 1. The lowest BCUT2D eigenvalue weighted by Crippen LogP contribution is -2.13. The zero-order valence-electron chi connectivity index (χ0n) is 15.2. The molecule has 1 heterocycles. The Hall–Kier alpha value is -2.38. The fourth-order valence-electron chi connectivity index (χ4n) is 2.82. The second-order valence-electron chi connectivity index (χ2n) is 6.41. The molecule has 0 fully saturated rings. The number of halogens is 1. The van der Waals surface area contributed by atoms with Crippen LogP contribution >= 0.6 is 15.9 Å². The van der Waals surface area contributed by atoms with Crippen molar-refractivity contribution in [3.8, 4) is 0 Å². The van der Waals surface area contributed by atoms with E-state index in [0.717, 1.165) is 4.47 Å². The first kappa shape index (κ1) is 19.4. The molecule has 2 aromatic carbocycles. The molecule has 0 unspecified atom stereocenters. The number of rotatable bonds is 5. The minimum atomic E-state index is -3.85. The first-order valence-electron chi connectivity index (χ1n) is 8.22. The van der Waals surface area contributed by atoms with Crippen LogP contribution in [-0.4, -0.2) is 37.2 Å². The molecule has 0 amide bonds. The first-order valence-corrected chi connectivity index (χ1v) is 10.5. The minimum Gasteiger partial charge on any atom is -0.383 e. The third-order valence-corrected chi connectivity index (χ3v) is 6.48. The van der Waals surface area contributed by atoms with Crippen molar-refractivity contribution >= 4 is 42.6 Å². The second kappa shape index (κ2) is 7.32. The van der Waals surface area contributed by atoms with Gasteiger partial charge in [0.15, 0.2) is 5.78 Å². The fourth-order valence-corrected chi connectivity index (χ4v) is 4.77. The average molecular weight is 447 g/mol. The topological polar surface area (TPSA) is 59.4 Å². The Morgan fingerprint density at radius 3 is 2.52 bits per heavy atom. The Balaban J connectivity index is 2.27. The molecule has 140 valence electrons. The van der Waals surface area contributed by atoms with Crippen molar-refractivity contribution in [2.45, 2.75) is 11.8 Å². The molecule has 27 heavy (non-hydrogen) atoms. The number of carbonyl (C=O) groups is 1. The monoisotopic (exact) mass is 446 g/mol. The van der Waals surface area contributed by atoms with Crippen molar-refractivity contribution in [2.24, 2.45) is 0 Å². The third-order valence-electron chi connectivity index (χ3n) is 4.15. The van der Waals surface area contributed by atoms with Gasteiger partial charge < -0.3 is 4.90 Å². The third kappa shape index (κ3) is 3.70. The van der Waals surface area contributed by atoms with E-state index in [1.807, 2.05) is 14.1 Å². The molecule has 0 aliphatic heterocycles. The summed E-state index contributed by atoms with van der Waals surface area (Å²) in [5.74, 6) is -0.255. The Labute approximate surface area is 167 Å². The van der Waals surface area contributed by atoms with E-state index in [4.69, 9.17) is 0 Å². The number of aryl methyl sites for hydroxylation is 1. The summed E-state index contributed by atoms with van der Waals surface area (Å²) in [5, 5.41) is 0.587. The predicted molar refractivity (Wildman–Crippen MR) is 111 cm³/mol. The Morgan fingerprint density at radius 1 is 1.15 bits per heavy atom. The van der Waals surface area contributed by atoms with Crippen molar-refractivity contribution in [1.82, 2.24) is 8.87 Å². The Kier molecular flexibility index (Phi) is 5.26. The van der Waals surface area contributed by atoms with Gasteiger partial charge in [-0.3, -0.25) is 4.79 Å². The van der Waals surface area contributed by atoms with Gasteiger partial charge in [-0.05, 0) is 30.7 Å². The summed E-state index contributed by atoms with van der Waals surface area (Å²) in [6, 6.07) is 12.0. The quantitative estimate of drug-likeness (QED) is 0.435. The van der Waals surface area contributed by atoms with E-state index in [1.54, 1.807) is 60.5 Å². The number of hydrogen-bond acceptors (Lipinski definition) is 4. The summed E-state index contributed by atoms with van der Waals surface area (Å²) in [6.45, 7) is 1.75. The molecule has 1 aromatic heterocycles. The van der Waals surface area contributed by atoms with Gasteiger partial charge in [0.25, 0.3) is 10.0 Å². The van der Waals surface area contributed by atoms with Crippen molar-refractivity contribution in [2.75, 3.05) is 14.1 Å². The second-order valence-corrected chi connectivity index (χ2v) is 9.11. The van der Waals surface area contributed by atoms with Crippen LogP contribution in [-0.2, 0) is 10.0 Å². The molecule has 7 heteroatoms. The lowest BCUT2D eigenvalue weighted by molar-refractivity contribution is 0.104. The number of benzene rings is 2. The van der Waals surface area contributed by atoms with Crippen LogP contribution in [0.15, 0.2) is 70.3 Å². The molecular weight excluding hydrogens is 428 g/mol. The van der Waals surface area contributed by atoms with Gasteiger partial charge in [-0.1, -0.05) is 40.2 Å². The lowest BCUT2D eigenvalue weighted by atomic mass is 10.1. The van der Waals surface area contributed by atoms with E-state index >= 15 is 0 Å². The summed E-state index contributed by atoms with van der Waals surface area (Å²) in [5.41, 5.74) is 1.44. The normalized spacial score (nSPS) is 12.0. The summed E-state index contributed by atoms with van der Waals surface area (Å²) in [4.78, 5) is 14.6. The molecule has 0 radical (unpaired) electrons. The predicted octanol–water partition coefficient (Wildman–Crippen LogP) is 4.21. The highest BCUT2D eigenvalue weighted by atomic mass is 79.9.